The lowest BCUT2D eigenvalue weighted by Gasteiger charge is -2.09. The molecule has 1 amide bonds. The van der Waals surface area contributed by atoms with Gasteiger partial charge in [0.05, 0.1) is 11.9 Å². The van der Waals surface area contributed by atoms with E-state index in [1.54, 1.807) is 26.1 Å². The van der Waals surface area contributed by atoms with Crippen LogP contribution in [0.15, 0.2) is 29.4 Å². The van der Waals surface area contributed by atoms with Gasteiger partial charge in [-0.05, 0) is 26.8 Å². The molecule has 3 aromatic rings. The Bertz CT molecular complexity index is 1240. The molecule has 2 N–H and O–H groups in total. The van der Waals surface area contributed by atoms with Crippen LogP contribution in [-0.4, -0.2) is 63.0 Å². The largest absolute Gasteiger partial charge is 0.455 e. The molecule has 3 heterocycles. The van der Waals surface area contributed by atoms with Crippen LogP contribution in [0, 0.1) is 20.8 Å². The minimum atomic E-state index is -3.92. The number of nitrogens with zero attached hydrogens (tertiary/aromatic N) is 6. The minimum absolute atomic E-state index is 0.0946. The lowest BCUT2D eigenvalue weighted by Crippen LogP contribution is -2.32. The van der Waals surface area contributed by atoms with Gasteiger partial charge in [-0.3, -0.25) is 14.3 Å². The topological polar surface area (TPSA) is 163 Å². The third-order valence-electron chi connectivity index (χ3n) is 4.02. The summed E-state index contributed by atoms with van der Waals surface area (Å²) in [5, 5.41) is 10.6. The number of carbonyl (C=O) groups is 2. The van der Waals surface area contributed by atoms with Crippen LogP contribution >= 0.6 is 0 Å². The highest BCUT2D eigenvalue weighted by Gasteiger charge is 2.19. The molecule has 0 aliphatic rings. The molecule has 0 saturated heterocycles. The maximum absolute atomic E-state index is 12.2. The van der Waals surface area contributed by atoms with Crippen molar-refractivity contribution < 1.29 is 22.7 Å². The normalized spacial score (nSPS) is 11.4. The minimum Gasteiger partial charge on any atom is -0.455 e. The zero-order valence-corrected chi connectivity index (χ0v) is 18.7. The molecule has 0 aliphatic heterocycles. The van der Waals surface area contributed by atoms with Crippen LogP contribution in [0.1, 0.15) is 17.1 Å². The highest BCUT2D eigenvalue weighted by Crippen LogP contribution is 2.15. The van der Waals surface area contributed by atoms with E-state index in [2.05, 4.69) is 30.2 Å². The molecule has 13 nitrogen and oxygen atoms in total. The monoisotopic (exact) mass is 462 g/mol. The third-order valence-corrected chi connectivity index (χ3v) is 5.38. The number of sulfonamides is 1. The number of aryl methyl sites for hydroxylation is 4. The molecule has 0 unspecified atom stereocenters. The first kappa shape index (κ1) is 23.0. The summed E-state index contributed by atoms with van der Waals surface area (Å²) in [6.07, 6.45) is 2.43. The van der Waals surface area contributed by atoms with Gasteiger partial charge in [-0.25, -0.2) is 18.4 Å². The van der Waals surface area contributed by atoms with E-state index in [9.17, 15) is 18.0 Å². The van der Waals surface area contributed by atoms with Gasteiger partial charge in [-0.15, -0.1) is 0 Å². The molecule has 0 aliphatic carbocycles. The van der Waals surface area contributed by atoms with Crippen molar-refractivity contribution in [3.8, 4) is 5.95 Å². The number of ether oxygens (including phenoxy) is 1. The second kappa shape index (κ2) is 9.23. The lowest BCUT2D eigenvalue weighted by molar-refractivity contribution is -0.146. The van der Waals surface area contributed by atoms with Crippen molar-refractivity contribution in [2.75, 3.05) is 18.5 Å². The van der Waals surface area contributed by atoms with Crippen LogP contribution in [0.3, 0.4) is 0 Å². The van der Waals surface area contributed by atoms with Crippen molar-refractivity contribution in [3.05, 3.63) is 41.6 Å². The van der Waals surface area contributed by atoms with Gasteiger partial charge >= 0.3 is 5.97 Å². The summed E-state index contributed by atoms with van der Waals surface area (Å²) in [6, 6.07) is 3.42. The fourth-order valence-corrected chi connectivity index (χ4v) is 3.65. The zero-order valence-electron chi connectivity index (χ0n) is 17.9. The number of hydrogen-bond acceptors (Lipinski definition) is 9. The second-order valence-corrected chi connectivity index (χ2v) is 8.68. The first-order valence-electron chi connectivity index (χ1n) is 9.36. The zero-order chi connectivity index (χ0) is 23.5. The van der Waals surface area contributed by atoms with Crippen molar-refractivity contribution in [2.45, 2.75) is 25.7 Å². The Balaban J connectivity index is 1.57. The molecule has 0 saturated carbocycles. The maximum atomic E-state index is 12.2. The summed E-state index contributed by atoms with van der Waals surface area (Å²) < 4.78 is 33.8. The first-order valence-corrected chi connectivity index (χ1v) is 10.8. The molecule has 14 heteroatoms. The van der Waals surface area contributed by atoms with Crippen LogP contribution in [0.5, 0.6) is 0 Å². The van der Waals surface area contributed by atoms with Crippen molar-refractivity contribution >= 4 is 27.7 Å². The molecule has 3 rings (SSSR count). The average Bonchev–Trinajstić information content (AvgIpc) is 3.30. The fraction of sp³-hybridized carbons (Fsp3) is 0.333. The van der Waals surface area contributed by atoms with Crippen molar-refractivity contribution in [2.24, 2.45) is 7.05 Å². The smallest absolute Gasteiger partial charge is 0.321 e. The molecule has 0 aromatic carbocycles. The summed E-state index contributed by atoms with van der Waals surface area (Å²) in [5.74, 6) is -0.979. The van der Waals surface area contributed by atoms with Gasteiger partial charge in [-0.2, -0.15) is 19.6 Å². The van der Waals surface area contributed by atoms with E-state index in [0.717, 1.165) is 17.6 Å². The third kappa shape index (κ3) is 5.73. The molecule has 0 fully saturated rings. The quantitative estimate of drug-likeness (QED) is 0.431. The fourth-order valence-electron chi connectivity index (χ4n) is 2.69. The van der Waals surface area contributed by atoms with Gasteiger partial charge in [0.25, 0.3) is 11.9 Å². The highest BCUT2D eigenvalue weighted by atomic mass is 32.2. The number of nitrogens with one attached hydrogen (secondary N) is 2. The number of esters is 1. The Morgan fingerprint density at radius 2 is 1.78 bits per heavy atom. The van der Waals surface area contributed by atoms with Gasteiger partial charge in [0.15, 0.2) is 6.61 Å². The average molecular weight is 462 g/mol. The van der Waals surface area contributed by atoms with Crippen molar-refractivity contribution in [1.29, 1.82) is 0 Å². The standard InChI is InChI=1S/C18H22N8O5S/c1-11-5-12(2)22-18(21-11)26-15(6-13(3)24-26)23-16(27)10-31-17(28)8-20-32(29,30)14-7-19-25(4)9-14/h5-7,9,20H,8,10H2,1-4H3,(H,23,27). The van der Waals surface area contributed by atoms with E-state index in [-0.39, 0.29) is 10.8 Å². The number of rotatable bonds is 8. The van der Waals surface area contributed by atoms with E-state index < -0.39 is 35.1 Å². The van der Waals surface area contributed by atoms with Gasteiger partial charge < -0.3 is 10.1 Å². The van der Waals surface area contributed by atoms with Crippen LogP contribution in [0.25, 0.3) is 5.95 Å². The maximum Gasteiger partial charge on any atom is 0.321 e. The van der Waals surface area contributed by atoms with E-state index in [0.29, 0.717) is 11.5 Å². The van der Waals surface area contributed by atoms with E-state index in [1.165, 1.54) is 15.6 Å². The molecule has 0 spiro atoms. The van der Waals surface area contributed by atoms with Crippen LogP contribution in [-0.2, 0) is 31.4 Å². The Morgan fingerprint density at radius 3 is 2.41 bits per heavy atom. The number of amides is 1. The van der Waals surface area contributed by atoms with Crippen LogP contribution in [0.2, 0.25) is 0 Å². The molecule has 170 valence electrons. The molecule has 3 aromatic heterocycles. The Kier molecular flexibility index (Phi) is 6.64. The van der Waals surface area contributed by atoms with Gasteiger partial charge in [-0.1, -0.05) is 0 Å². The van der Waals surface area contributed by atoms with Crippen LogP contribution in [0.4, 0.5) is 5.82 Å². The van der Waals surface area contributed by atoms with E-state index >= 15 is 0 Å². The van der Waals surface area contributed by atoms with Crippen molar-refractivity contribution in [1.82, 2.24) is 34.3 Å². The van der Waals surface area contributed by atoms with Gasteiger partial charge in [0, 0.05) is 30.7 Å². The Hall–Kier alpha value is -3.65. The number of hydrogen-bond donors (Lipinski definition) is 2. The predicted molar refractivity (Wildman–Crippen MR) is 111 cm³/mol. The van der Waals surface area contributed by atoms with Gasteiger partial charge in [0.1, 0.15) is 17.3 Å². The molecular formula is C18H22N8O5S. The van der Waals surface area contributed by atoms with E-state index in [4.69, 9.17) is 4.74 Å². The molecule has 0 bridgehead atoms. The van der Waals surface area contributed by atoms with Gasteiger partial charge in [0.2, 0.25) is 10.0 Å². The number of aromatic nitrogens is 6. The summed E-state index contributed by atoms with van der Waals surface area (Å²) in [5.41, 5.74) is 2.09. The molecular weight excluding hydrogens is 440 g/mol. The highest BCUT2D eigenvalue weighted by molar-refractivity contribution is 7.89. The molecule has 0 atom stereocenters. The first-order chi connectivity index (χ1) is 15.0. The summed E-state index contributed by atoms with van der Waals surface area (Å²) in [6.45, 7) is 4.11. The number of anilines is 1. The predicted octanol–water partition coefficient (Wildman–Crippen LogP) is -0.219. The lowest BCUT2D eigenvalue weighted by atomic mass is 10.4. The summed E-state index contributed by atoms with van der Waals surface area (Å²) in [7, 11) is -2.36. The Morgan fingerprint density at radius 1 is 1.09 bits per heavy atom. The SMILES string of the molecule is Cc1cc(C)nc(-n2nc(C)cc2NC(=O)COC(=O)CNS(=O)(=O)c2cnn(C)c2)n1. The van der Waals surface area contributed by atoms with Crippen LogP contribution < -0.4 is 10.0 Å². The molecule has 0 radical (unpaired) electrons. The Labute approximate surface area is 183 Å². The van der Waals surface area contributed by atoms with Crippen molar-refractivity contribution in [3.63, 3.8) is 0 Å². The summed E-state index contributed by atoms with van der Waals surface area (Å²) >= 11 is 0. The van der Waals surface area contributed by atoms with E-state index in [1.807, 2.05) is 13.8 Å². The summed E-state index contributed by atoms with van der Waals surface area (Å²) in [4.78, 5) is 32.6. The second-order valence-electron chi connectivity index (χ2n) is 6.92. The number of carbonyl (C=O) groups excluding carboxylic acids is 2. The molecule has 32 heavy (non-hydrogen) atoms.